The minimum Gasteiger partial charge on any atom is -0.398 e. The summed E-state index contributed by atoms with van der Waals surface area (Å²) in [5.74, 6) is 0. The highest BCUT2D eigenvalue weighted by molar-refractivity contribution is 5.76. The summed E-state index contributed by atoms with van der Waals surface area (Å²) in [4.78, 5) is 15.8. The van der Waals surface area contributed by atoms with Crippen molar-refractivity contribution in [3.05, 3.63) is 29.8 Å². The van der Waals surface area contributed by atoms with Crippen molar-refractivity contribution in [1.29, 1.82) is 0 Å². The van der Waals surface area contributed by atoms with Crippen LogP contribution >= 0.6 is 0 Å². The van der Waals surface area contributed by atoms with E-state index in [-0.39, 0.29) is 6.03 Å². The van der Waals surface area contributed by atoms with Crippen LogP contribution in [0.3, 0.4) is 0 Å². The van der Waals surface area contributed by atoms with Gasteiger partial charge in [0.05, 0.1) is 0 Å². The number of urea groups is 1. The molecule has 1 saturated heterocycles. The second-order valence-corrected chi connectivity index (χ2v) is 5.48. The van der Waals surface area contributed by atoms with E-state index >= 15 is 0 Å². The van der Waals surface area contributed by atoms with Gasteiger partial charge >= 0.3 is 6.03 Å². The summed E-state index contributed by atoms with van der Waals surface area (Å²) in [6.07, 6.45) is 0. The van der Waals surface area contributed by atoms with Crippen molar-refractivity contribution in [3.63, 3.8) is 0 Å². The topological polar surface area (TPSA) is 61.6 Å². The minimum atomic E-state index is 0.0490. The standard InChI is InChI=1S/C15H24N4O/c1-12(2)19(10-9-18-8-7-17-15(18)20)11-13-5-3-4-6-14(13)16/h3-6,12H,7-11,16H2,1-2H3,(H,17,20). The molecule has 0 aromatic heterocycles. The van der Waals surface area contributed by atoms with Gasteiger partial charge in [-0.05, 0) is 25.5 Å². The first-order valence-corrected chi connectivity index (χ1v) is 7.18. The Balaban J connectivity index is 1.94. The fourth-order valence-corrected chi connectivity index (χ4v) is 2.39. The second kappa shape index (κ2) is 6.61. The highest BCUT2D eigenvalue weighted by Crippen LogP contribution is 2.15. The maximum Gasteiger partial charge on any atom is 0.317 e. The highest BCUT2D eigenvalue weighted by Gasteiger charge is 2.20. The predicted octanol–water partition coefficient (Wildman–Crippen LogP) is 1.50. The summed E-state index contributed by atoms with van der Waals surface area (Å²) in [6, 6.07) is 8.42. The van der Waals surface area contributed by atoms with E-state index in [0.29, 0.717) is 6.04 Å². The van der Waals surface area contributed by atoms with Gasteiger partial charge in [-0.3, -0.25) is 4.90 Å². The number of anilines is 1. The lowest BCUT2D eigenvalue weighted by Crippen LogP contribution is -2.39. The quantitative estimate of drug-likeness (QED) is 0.774. The number of para-hydroxylation sites is 1. The maximum absolute atomic E-state index is 11.5. The first-order chi connectivity index (χ1) is 9.58. The molecular formula is C15H24N4O. The predicted molar refractivity (Wildman–Crippen MR) is 81.4 cm³/mol. The zero-order valence-corrected chi connectivity index (χ0v) is 12.3. The Morgan fingerprint density at radius 3 is 2.75 bits per heavy atom. The number of nitrogens with two attached hydrogens (primary N) is 1. The van der Waals surface area contributed by atoms with Crippen LogP contribution in [0.5, 0.6) is 0 Å². The van der Waals surface area contributed by atoms with Gasteiger partial charge in [0.15, 0.2) is 0 Å². The average molecular weight is 276 g/mol. The first-order valence-electron chi connectivity index (χ1n) is 7.18. The van der Waals surface area contributed by atoms with Gasteiger partial charge in [-0.1, -0.05) is 18.2 Å². The molecule has 2 rings (SSSR count). The van der Waals surface area contributed by atoms with Gasteiger partial charge in [0.1, 0.15) is 0 Å². The fraction of sp³-hybridized carbons (Fsp3) is 0.533. The molecule has 3 N–H and O–H groups in total. The smallest absolute Gasteiger partial charge is 0.317 e. The molecule has 1 aromatic carbocycles. The van der Waals surface area contributed by atoms with Gasteiger partial charge < -0.3 is 16.0 Å². The lowest BCUT2D eigenvalue weighted by atomic mass is 10.1. The van der Waals surface area contributed by atoms with Gasteiger partial charge in [-0.2, -0.15) is 0 Å². The van der Waals surface area contributed by atoms with E-state index in [1.54, 1.807) is 0 Å². The largest absolute Gasteiger partial charge is 0.398 e. The average Bonchev–Trinajstić information content (AvgIpc) is 2.82. The number of rotatable bonds is 6. The van der Waals surface area contributed by atoms with Crippen molar-refractivity contribution in [2.45, 2.75) is 26.4 Å². The summed E-state index contributed by atoms with van der Waals surface area (Å²) in [5.41, 5.74) is 7.98. The number of hydrogen-bond donors (Lipinski definition) is 2. The van der Waals surface area contributed by atoms with Gasteiger partial charge in [0.25, 0.3) is 0 Å². The number of carbonyl (C=O) groups excluding carboxylic acids is 1. The monoisotopic (exact) mass is 276 g/mol. The van der Waals surface area contributed by atoms with E-state index in [4.69, 9.17) is 5.73 Å². The van der Waals surface area contributed by atoms with Crippen molar-refractivity contribution >= 4 is 11.7 Å². The van der Waals surface area contributed by atoms with E-state index in [0.717, 1.165) is 44.0 Å². The van der Waals surface area contributed by atoms with Crippen LogP contribution in [0, 0.1) is 0 Å². The lowest BCUT2D eigenvalue weighted by Gasteiger charge is -2.28. The van der Waals surface area contributed by atoms with Crippen molar-refractivity contribution in [1.82, 2.24) is 15.1 Å². The van der Waals surface area contributed by atoms with Crippen molar-refractivity contribution in [2.75, 3.05) is 31.9 Å². The van der Waals surface area contributed by atoms with Crippen LogP contribution < -0.4 is 11.1 Å². The van der Waals surface area contributed by atoms with E-state index in [1.165, 1.54) is 0 Å². The van der Waals surface area contributed by atoms with E-state index < -0.39 is 0 Å². The Bertz CT molecular complexity index is 461. The van der Waals surface area contributed by atoms with Crippen LogP contribution in [-0.2, 0) is 6.54 Å². The molecule has 1 aliphatic heterocycles. The summed E-state index contributed by atoms with van der Waals surface area (Å²) in [5, 5.41) is 2.83. The molecule has 1 fully saturated rings. The number of benzene rings is 1. The number of amides is 2. The second-order valence-electron chi connectivity index (χ2n) is 5.48. The lowest BCUT2D eigenvalue weighted by molar-refractivity contribution is 0.178. The third kappa shape index (κ3) is 3.63. The molecular weight excluding hydrogens is 252 g/mol. The van der Waals surface area contributed by atoms with Crippen molar-refractivity contribution in [3.8, 4) is 0 Å². The Hall–Kier alpha value is -1.75. The molecule has 0 radical (unpaired) electrons. The maximum atomic E-state index is 11.5. The Morgan fingerprint density at radius 2 is 2.15 bits per heavy atom. The van der Waals surface area contributed by atoms with Crippen molar-refractivity contribution in [2.24, 2.45) is 0 Å². The summed E-state index contributed by atoms with van der Waals surface area (Å²) in [7, 11) is 0. The molecule has 0 saturated carbocycles. The number of hydrogen-bond acceptors (Lipinski definition) is 3. The minimum absolute atomic E-state index is 0.0490. The molecule has 1 aromatic rings. The van der Waals surface area contributed by atoms with Gasteiger partial charge in [-0.25, -0.2) is 4.79 Å². The summed E-state index contributed by atoms with van der Waals surface area (Å²) >= 11 is 0. The van der Waals surface area contributed by atoms with Gasteiger partial charge in [0.2, 0.25) is 0 Å². The number of nitrogen functional groups attached to an aromatic ring is 1. The Kier molecular flexibility index (Phi) is 4.84. The molecule has 2 amide bonds. The number of carbonyl (C=O) groups is 1. The van der Waals surface area contributed by atoms with E-state index in [1.807, 2.05) is 23.1 Å². The van der Waals surface area contributed by atoms with Crippen LogP contribution in [-0.4, -0.2) is 48.1 Å². The molecule has 0 bridgehead atoms. The third-order valence-corrected chi connectivity index (χ3v) is 3.76. The van der Waals surface area contributed by atoms with E-state index in [9.17, 15) is 4.79 Å². The molecule has 20 heavy (non-hydrogen) atoms. The van der Waals surface area contributed by atoms with E-state index in [2.05, 4.69) is 30.1 Å². The zero-order chi connectivity index (χ0) is 14.5. The Morgan fingerprint density at radius 1 is 1.40 bits per heavy atom. The molecule has 1 aliphatic rings. The molecule has 0 atom stereocenters. The summed E-state index contributed by atoms with van der Waals surface area (Å²) in [6.45, 7) is 8.34. The van der Waals surface area contributed by atoms with Crippen molar-refractivity contribution < 1.29 is 4.79 Å². The molecule has 5 heteroatoms. The molecule has 110 valence electrons. The van der Waals surface area contributed by atoms with Crippen LogP contribution in [0.25, 0.3) is 0 Å². The SMILES string of the molecule is CC(C)N(CCN1CCNC1=O)Cc1ccccc1N. The van der Waals surface area contributed by atoms with Gasteiger partial charge in [-0.15, -0.1) is 0 Å². The van der Waals surface area contributed by atoms with Crippen LogP contribution in [0.2, 0.25) is 0 Å². The molecule has 0 aliphatic carbocycles. The third-order valence-electron chi connectivity index (χ3n) is 3.76. The van der Waals surface area contributed by atoms with Crippen LogP contribution in [0.1, 0.15) is 19.4 Å². The molecule has 0 unspecified atom stereocenters. The zero-order valence-electron chi connectivity index (χ0n) is 12.3. The molecule has 5 nitrogen and oxygen atoms in total. The normalized spacial score (nSPS) is 15.2. The molecule has 1 heterocycles. The van der Waals surface area contributed by atoms with Crippen LogP contribution in [0.4, 0.5) is 10.5 Å². The summed E-state index contributed by atoms with van der Waals surface area (Å²) < 4.78 is 0. The fourth-order valence-electron chi connectivity index (χ4n) is 2.39. The van der Waals surface area contributed by atoms with Crippen LogP contribution in [0.15, 0.2) is 24.3 Å². The van der Waals surface area contributed by atoms with Gasteiger partial charge in [0, 0.05) is 44.5 Å². The number of nitrogens with zero attached hydrogens (tertiary/aromatic N) is 2. The Labute approximate surface area is 120 Å². The highest BCUT2D eigenvalue weighted by atomic mass is 16.2. The first kappa shape index (κ1) is 14.7. The number of nitrogens with one attached hydrogen (secondary N) is 1. The molecule has 0 spiro atoms.